The van der Waals surface area contributed by atoms with Gasteiger partial charge >= 0.3 is 0 Å². The summed E-state index contributed by atoms with van der Waals surface area (Å²) in [6.45, 7) is 4.87. The molecule has 1 rings (SSSR count). The zero-order chi connectivity index (χ0) is 9.68. The summed E-state index contributed by atoms with van der Waals surface area (Å²) in [5.74, 6) is 0. The van der Waals surface area contributed by atoms with E-state index in [1.54, 1.807) is 0 Å². The summed E-state index contributed by atoms with van der Waals surface area (Å²) in [7, 11) is 0. The Kier molecular flexibility index (Phi) is 3.71. The number of hydrogen-bond donors (Lipinski definition) is 1. The first kappa shape index (κ1) is 10.0. The molecule has 0 radical (unpaired) electrons. The molecular formula is C12H17N. The van der Waals surface area contributed by atoms with Crippen LogP contribution in [0.3, 0.4) is 0 Å². The third-order valence-electron chi connectivity index (χ3n) is 2.29. The second-order valence-corrected chi connectivity index (χ2v) is 3.07. The molecule has 1 heteroatoms. The molecule has 0 aliphatic heterocycles. The predicted octanol–water partition coefficient (Wildman–Crippen LogP) is 2.96. The Hall–Kier alpha value is -1.08. The molecule has 0 aromatic heterocycles. The van der Waals surface area contributed by atoms with Gasteiger partial charge in [-0.1, -0.05) is 37.3 Å². The summed E-state index contributed by atoms with van der Waals surface area (Å²) in [4.78, 5) is 0. The van der Waals surface area contributed by atoms with Crippen LogP contribution in [0.5, 0.6) is 0 Å². The highest BCUT2D eigenvalue weighted by Crippen LogP contribution is 2.17. The number of benzene rings is 1. The summed E-state index contributed by atoms with van der Waals surface area (Å²) < 4.78 is 0. The van der Waals surface area contributed by atoms with Crippen molar-refractivity contribution in [2.24, 2.45) is 5.73 Å². The van der Waals surface area contributed by atoms with Gasteiger partial charge in [-0.05, 0) is 30.0 Å². The zero-order valence-corrected chi connectivity index (χ0v) is 8.38. The Morgan fingerprint density at radius 2 is 1.92 bits per heavy atom. The normalized spacial score (nSPS) is 11.8. The second kappa shape index (κ2) is 4.83. The molecule has 13 heavy (non-hydrogen) atoms. The summed E-state index contributed by atoms with van der Waals surface area (Å²) >= 11 is 0. The monoisotopic (exact) mass is 175 g/mol. The second-order valence-electron chi connectivity index (χ2n) is 3.07. The summed E-state index contributed by atoms with van der Waals surface area (Å²) in [5.41, 5.74) is 9.42. The van der Waals surface area contributed by atoms with Crippen molar-refractivity contribution in [1.82, 2.24) is 0 Å². The minimum absolute atomic E-state index is 0.623. The standard InChI is InChI=1S/C12H17N/c1-3-11(4-2)12-7-5-10(9-13)6-8-12/h3,5-8H,4,9,13H2,1-2H3. The van der Waals surface area contributed by atoms with Gasteiger partial charge in [0.1, 0.15) is 0 Å². The van der Waals surface area contributed by atoms with Gasteiger partial charge in [0.2, 0.25) is 0 Å². The first-order valence-corrected chi connectivity index (χ1v) is 4.76. The van der Waals surface area contributed by atoms with Crippen molar-refractivity contribution in [3.8, 4) is 0 Å². The van der Waals surface area contributed by atoms with Crippen molar-refractivity contribution in [1.29, 1.82) is 0 Å². The Bertz CT molecular complexity index is 282. The quantitative estimate of drug-likeness (QED) is 0.751. The van der Waals surface area contributed by atoms with E-state index in [1.807, 2.05) is 0 Å². The third-order valence-corrected chi connectivity index (χ3v) is 2.29. The smallest absolute Gasteiger partial charge is 0.0178 e. The topological polar surface area (TPSA) is 26.0 Å². The maximum Gasteiger partial charge on any atom is 0.0178 e. The molecule has 0 fully saturated rings. The van der Waals surface area contributed by atoms with Crippen molar-refractivity contribution in [2.45, 2.75) is 26.8 Å². The SMILES string of the molecule is CC=C(CC)c1ccc(CN)cc1. The molecule has 0 atom stereocenters. The van der Waals surface area contributed by atoms with Crippen LogP contribution in [0.1, 0.15) is 31.4 Å². The largest absolute Gasteiger partial charge is 0.326 e. The molecule has 0 heterocycles. The van der Waals surface area contributed by atoms with E-state index in [9.17, 15) is 0 Å². The molecule has 0 saturated heterocycles. The Morgan fingerprint density at radius 1 is 1.31 bits per heavy atom. The lowest BCUT2D eigenvalue weighted by atomic mass is 10.0. The van der Waals surface area contributed by atoms with E-state index in [0.717, 1.165) is 6.42 Å². The highest BCUT2D eigenvalue weighted by molar-refractivity contribution is 5.65. The molecular weight excluding hydrogens is 158 g/mol. The van der Waals surface area contributed by atoms with Crippen molar-refractivity contribution in [3.63, 3.8) is 0 Å². The summed E-state index contributed by atoms with van der Waals surface area (Å²) in [5, 5.41) is 0. The van der Waals surface area contributed by atoms with Crippen LogP contribution in [0.15, 0.2) is 30.3 Å². The van der Waals surface area contributed by atoms with Gasteiger partial charge in [-0.25, -0.2) is 0 Å². The van der Waals surface area contributed by atoms with Crippen molar-refractivity contribution < 1.29 is 0 Å². The minimum atomic E-state index is 0.623. The van der Waals surface area contributed by atoms with E-state index in [2.05, 4.69) is 44.2 Å². The first-order chi connectivity index (χ1) is 6.31. The van der Waals surface area contributed by atoms with E-state index < -0.39 is 0 Å². The van der Waals surface area contributed by atoms with Gasteiger partial charge in [0.15, 0.2) is 0 Å². The van der Waals surface area contributed by atoms with Crippen LogP contribution in [-0.2, 0) is 6.54 Å². The number of hydrogen-bond acceptors (Lipinski definition) is 1. The Morgan fingerprint density at radius 3 is 2.31 bits per heavy atom. The Labute approximate surface area is 80.3 Å². The van der Waals surface area contributed by atoms with E-state index in [4.69, 9.17) is 5.73 Å². The third kappa shape index (κ3) is 2.43. The van der Waals surface area contributed by atoms with Crippen LogP contribution in [0.4, 0.5) is 0 Å². The van der Waals surface area contributed by atoms with Gasteiger partial charge in [-0.2, -0.15) is 0 Å². The molecule has 0 aliphatic rings. The molecule has 0 saturated carbocycles. The number of nitrogens with two attached hydrogens (primary N) is 1. The van der Waals surface area contributed by atoms with Gasteiger partial charge in [-0.3, -0.25) is 0 Å². The van der Waals surface area contributed by atoms with Crippen LogP contribution in [0.25, 0.3) is 5.57 Å². The average molecular weight is 175 g/mol. The Balaban J connectivity index is 2.91. The molecule has 2 N–H and O–H groups in total. The highest BCUT2D eigenvalue weighted by Gasteiger charge is 1.96. The maximum atomic E-state index is 5.53. The van der Waals surface area contributed by atoms with Gasteiger partial charge in [-0.15, -0.1) is 0 Å². The highest BCUT2D eigenvalue weighted by atomic mass is 14.5. The average Bonchev–Trinajstić information content (AvgIpc) is 2.21. The van der Waals surface area contributed by atoms with Crippen molar-refractivity contribution in [2.75, 3.05) is 0 Å². The minimum Gasteiger partial charge on any atom is -0.326 e. The van der Waals surface area contributed by atoms with E-state index >= 15 is 0 Å². The molecule has 0 bridgehead atoms. The lowest BCUT2D eigenvalue weighted by Crippen LogP contribution is -1.95. The van der Waals surface area contributed by atoms with Crippen molar-refractivity contribution in [3.05, 3.63) is 41.5 Å². The molecule has 1 aromatic rings. The van der Waals surface area contributed by atoms with Gasteiger partial charge in [0.25, 0.3) is 0 Å². The van der Waals surface area contributed by atoms with Gasteiger partial charge < -0.3 is 5.73 Å². The van der Waals surface area contributed by atoms with Gasteiger partial charge in [0.05, 0.1) is 0 Å². The molecule has 0 spiro atoms. The molecule has 1 nitrogen and oxygen atoms in total. The summed E-state index contributed by atoms with van der Waals surface area (Å²) in [6, 6.07) is 8.46. The van der Waals surface area contributed by atoms with Gasteiger partial charge in [0, 0.05) is 6.54 Å². The van der Waals surface area contributed by atoms with Crippen LogP contribution in [0, 0.1) is 0 Å². The lowest BCUT2D eigenvalue weighted by molar-refractivity contribution is 1.07. The molecule has 70 valence electrons. The van der Waals surface area contributed by atoms with Crippen LogP contribution >= 0.6 is 0 Å². The van der Waals surface area contributed by atoms with E-state index in [1.165, 1.54) is 16.7 Å². The van der Waals surface area contributed by atoms with Crippen molar-refractivity contribution >= 4 is 5.57 Å². The predicted molar refractivity (Wildman–Crippen MR) is 58.3 cm³/mol. The first-order valence-electron chi connectivity index (χ1n) is 4.76. The molecule has 0 aliphatic carbocycles. The fraction of sp³-hybridized carbons (Fsp3) is 0.333. The fourth-order valence-corrected chi connectivity index (χ4v) is 1.43. The zero-order valence-electron chi connectivity index (χ0n) is 8.38. The van der Waals surface area contributed by atoms with Crippen LogP contribution < -0.4 is 5.73 Å². The fourth-order valence-electron chi connectivity index (χ4n) is 1.43. The summed E-state index contributed by atoms with van der Waals surface area (Å²) in [6.07, 6.45) is 3.25. The lowest BCUT2D eigenvalue weighted by Gasteiger charge is -2.04. The number of rotatable bonds is 3. The van der Waals surface area contributed by atoms with Crippen LogP contribution in [-0.4, -0.2) is 0 Å². The molecule has 0 unspecified atom stereocenters. The number of allylic oxidation sites excluding steroid dienone is 2. The molecule has 1 aromatic carbocycles. The maximum absolute atomic E-state index is 5.53. The molecule has 0 amide bonds. The van der Waals surface area contributed by atoms with E-state index in [-0.39, 0.29) is 0 Å². The van der Waals surface area contributed by atoms with Crippen LogP contribution in [0.2, 0.25) is 0 Å². The van der Waals surface area contributed by atoms with E-state index in [0.29, 0.717) is 6.54 Å².